The van der Waals surface area contributed by atoms with Gasteiger partial charge in [0.25, 0.3) is 0 Å². The smallest absolute Gasteiger partial charge is 0.358 e. The van der Waals surface area contributed by atoms with Crippen LogP contribution in [0.2, 0.25) is 0 Å². The summed E-state index contributed by atoms with van der Waals surface area (Å²) in [6.07, 6.45) is 3.20. The highest BCUT2D eigenvalue weighted by atomic mass is 32.2. The van der Waals surface area contributed by atoms with E-state index in [2.05, 4.69) is 21.0 Å². The van der Waals surface area contributed by atoms with Gasteiger partial charge in [-0.05, 0) is 18.6 Å². The molecule has 15 heavy (non-hydrogen) atoms. The van der Waals surface area contributed by atoms with Crippen molar-refractivity contribution in [3.63, 3.8) is 0 Å². The van der Waals surface area contributed by atoms with Crippen LogP contribution in [0, 0.1) is 0 Å². The van der Waals surface area contributed by atoms with Crippen LogP contribution in [0.4, 0.5) is 0 Å². The van der Waals surface area contributed by atoms with E-state index in [0.717, 1.165) is 22.8 Å². The van der Waals surface area contributed by atoms with Crippen LogP contribution >= 0.6 is 11.8 Å². The molecule has 1 aliphatic rings. The van der Waals surface area contributed by atoms with E-state index < -0.39 is 5.97 Å². The lowest BCUT2D eigenvalue weighted by Gasteiger charge is -2.00. The van der Waals surface area contributed by atoms with Gasteiger partial charge in [-0.25, -0.2) is 4.79 Å². The number of hydrogen-bond acceptors (Lipinski definition) is 5. The lowest BCUT2D eigenvalue weighted by Crippen LogP contribution is -2.05. The van der Waals surface area contributed by atoms with Gasteiger partial charge in [0.1, 0.15) is 0 Å². The average molecular weight is 222 g/mol. The van der Waals surface area contributed by atoms with Gasteiger partial charge < -0.3 is 4.74 Å². The van der Waals surface area contributed by atoms with E-state index in [9.17, 15) is 4.79 Å². The van der Waals surface area contributed by atoms with Gasteiger partial charge in [-0.2, -0.15) is 0 Å². The van der Waals surface area contributed by atoms with Crippen molar-refractivity contribution in [2.24, 2.45) is 0 Å². The van der Waals surface area contributed by atoms with Gasteiger partial charge in [-0.1, -0.05) is 6.08 Å². The van der Waals surface area contributed by atoms with Crippen molar-refractivity contribution in [3.8, 4) is 0 Å². The Balaban J connectivity index is 2.20. The number of hydrogen-bond donors (Lipinski definition) is 0. The molecule has 2 heterocycles. The van der Waals surface area contributed by atoms with Crippen molar-refractivity contribution in [2.45, 2.75) is 6.42 Å². The zero-order valence-electron chi connectivity index (χ0n) is 8.27. The van der Waals surface area contributed by atoms with Crippen molar-refractivity contribution in [2.75, 3.05) is 12.9 Å². The van der Waals surface area contributed by atoms with Crippen molar-refractivity contribution in [1.82, 2.24) is 10.2 Å². The lowest BCUT2D eigenvalue weighted by molar-refractivity contribution is 0.0592. The molecule has 0 unspecified atom stereocenters. The first-order valence-electron chi connectivity index (χ1n) is 4.56. The van der Waals surface area contributed by atoms with Crippen LogP contribution in [0.1, 0.15) is 22.6 Å². The van der Waals surface area contributed by atoms with Crippen LogP contribution in [0.15, 0.2) is 18.2 Å². The summed E-state index contributed by atoms with van der Waals surface area (Å²) in [5.41, 5.74) is 1.06. The third kappa shape index (κ3) is 2.18. The molecule has 0 N–H and O–H groups in total. The highest BCUT2D eigenvalue weighted by Crippen LogP contribution is 2.32. The fraction of sp³-hybridized carbons (Fsp3) is 0.300. The normalized spacial score (nSPS) is 14.9. The van der Waals surface area contributed by atoms with E-state index >= 15 is 0 Å². The summed E-state index contributed by atoms with van der Waals surface area (Å²) in [5, 5.41) is 7.81. The average Bonchev–Trinajstić information content (AvgIpc) is 2.82. The molecular weight excluding hydrogens is 212 g/mol. The van der Waals surface area contributed by atoms with Gasteiger partial charge in [0, 0.05) is 10.7 Å². The van der Waals surface area contributed by atoms with Gasteiger partial charge in [-0.15, -0.1) is 22.0 Å². The van der Waals surface area contributed by atoms with Gasteiger partial charge in [0.15, 0.2) is 5.69 Å². The molecule has 0 fully saturated rings. The quantitative estimate of drug-likeness (QED) is 0.713. The summed E-state index contributed by atoms with van der Waals surface area (Å²) in [6.45, 7) is 0. The van der Waals surface area contributed by atoms with Crippen molar-refractivity contribution in [1.29, 1.82) is 0 Å². The summed E-state index contributed by atoms with van der Waals surface area (Å²) in [4.78, 5) is 12.2. The molecule has 0 aliphatic carbocycles. The first-order chi connectivity index (χ1) is 7.31. The Morgan fingerprint density at radius 3 is 2.87 bits per heavy atom. The number of allylic oxidation sites excluding steroid dienone is 1. The molecule has 78 valence electrons. The number of aromatic nitrogens is 2. The van der Waals surface area contributed by atoms with Crippen LogP contribution in [-0.4, -0.2) is 29.0 Å². The SMILES string of the molecule is COC(=O)c1ccc(C2=CCCS2)nn1. The maximum atomic E-state index is 11.1. The Morgan fingerprint density at radius 1 is 1.47 bits per heavy atom. The fourth-order valence-corrected chi connectivity index (χ4v) is 2.22. The van der Waals surface area contributed by atoms with E-state index in [4.69, 9.17) is 0 Å². The van der Waals surface area contributed by atoms with Gasteiger partial charge in [0.05, 0.1) is 12.8 Å². The van der Waals surface area contributed by atoms with Crippen molar-refractivity contribution in [3.05, 3.63) is 29.6 Å². The highest BCUT2D eigenvalue weighted by molar-refractivity contribution is 8.08. The first-order valence-corrected chi connectivity index (χ1v) is 5.55. The van der Waals surface area contributed by atoms with Gasteiger partial charge >= 0.3 is 5.97 Å². The third-order valence-electron chi connectivity index (χ3n) is 2.02. The Labute approximate surface area is 91.7 Å². The molecule has 0 amide bonds. The predicted molar refractivity (Wildman–Crippen MR) is 58.4 cm³/mol. The number of ether oxygens (including phenoxy) is 1. The summed E-state index contributed by atoms with van der Waals surface area (Å²) in [7, 11) is 1.33. The second kappa shape index (κ2) is 4.44. The first kappa shape index (κ1) is 10.2. The van der Waals surface area contributed by atoms with Gasteiger partial charge in [-0.3, -0.25) is 0 Å². The standard InChI is InChI=1S/C10H10N2O2S/c1-14-10(13)8-5-4-7(11-12-8)9-3-2-6-15-9/h3-5H,2,6H2,1H3. The number of methoxy groups -OCH3 is 1. The summed E-state index contributed by atoms with van der Waals surface area (Å²) in [6, 6.07) is 3.43. The van der Waals surface area contributed by atoms with Crippen molar-refractivity contribution >= 4 is 22.6 Å². The summed E-state index contributed by atoms with van der Waals surface area (Å²) >= 11 is 1.76. The molecule has 1 aromatic rings. The molecule has 0 saturated heterocycles. The topological polar surface area (TPSA) is 52.1 Å². The minimum absolute atomic E-state index is 0.241. The molecule has 0 bridgehead atoms. The number of thioether (sulfide) groups is 1. The van der Waals surface area contributed by atoms with E-state index in [1.165, 1.54) is 7.11 Å². The number of rotatable bonds is 2. The molecule has 2 rings (SSSR count). The Kier molecular flexibility index (Phi) is 3.01. The fourth-order valence-electron chi connectivity index (χ4n) is 1.27. The number of nitrogens with zero attached hydrogens (tertiary/aromatic N) is 2. The molecule has 0 radical (unpaired) electrons. The molecule has 0 spiro atoms. The Hall–Kier alpha value is -1.36. The molecule has 1 aliphatic heterocycles. The predicted octanol–water partition coefficient (Wildman–Crippen LogP) is 1.74. The molecular formula is C10H10N2O2S. The molecule has 5 heteroatoms. The summed E-state index contributed by atoms with van der Waals surface area (Å²) < 4.78 is 4.54. The van der Waals surface area contributed by atoms with Crippen LogP contribution in [-0.2, 0) is 4.74 Å². The Morgan fingerprint density at radius 2 is 2.33 bits per heavy atom. The molecule has 4 nitrogen and oxygen atoms in total. The van der Waals surface area contributed by atoms with Crippen LogP contribution in [0.3, 0.4) is 0 Å². The minimum atomic E-state index is -0.456. The monoisotopic (exact) mass is 222 g/mol. The van der Waals surface area contributed by atoms with E-state index in [0.29, 0.717) is 0 Å². The third-order valence-corrected chi connectivity index (χ3v) is 3.14. The number of esters is 1. The number of carbonyl (C=O) groups is 1. The maximum Gasteiger partial charge on any atom is 0.358 e. The second-order valence-corrected chi connectivity index (χ2v) is 4.14. The zero-order valence-corrected chi connectivity index (χ0v) is 9.08. The second-order valence-electron chi connectivity index (χ2n) is 3.00. The lowest BCUT2D eigenvalue weighted by atomic mass is 10.3. The van der Waals surface area contributed by atoms with Crippen LogP contribution < -0.4 is 0 Å². The molecule has 0 saturated carbocycles. The maximum absolute atomic E-state index is 11.1. The van der Waals surface area contributed by atoms with E-state index in [-0.39, 0.29) is 5.69 Å². The summed E-state index contributed by atoms with van der Waals surface area (Å²) in [5.74, 6) is 0.637. The highest BCUT2D eigenvalue weighted by Gasteiger charge is 2.12. The van der Waals surface area contributed by atoms with E-state index in [1.807, 2.05) is 0 Å². The number of carbonyl (C=O) groups excluding carboxylic acids is 1. The van der Waals surface area contributed by atoms with Crippen LogP contribution in [0.25, 0.3) is 4.91 Å². The van der Waals surface area contributed by atoms with Gasteiger partial charge in [0.2, 0.25) is 0 Å². The molecule has 1 aromatic heterocycles. The minimum Gasteiger partial charge on any atom is -0.464 e. The largest absolute Gasteiger partial charge is 0.464 e. The molecule has 0 aromatic carbocycles. The Bertz CT molecular complexity index is 400. The molecule has 0 atom stereocenters. The van der Waals surface area contributed by atoms with E-state index in [1.54, 1.807) is 23.9 Å². The van der Waals surface area contributed by atoms with Crippen LogP contribution in [0.5, 0.6) is 0 Å². The zero-order chi connectivity index (χ0) is 10.7. The van der Waals surface area contributed by atoms with Crippen molar-refractivity contribution < 1.29 is 9.53 Å².